The summed E-state index contributed by atoms with van der Waals surface area (Å²) in [5.41, 5.74) is 0. The number of hydrogen-bond donors (Lipinski definition) is 0. The number of esters is 3. The Kier molecular flexibility index (Phi) is 6.12. The van der Waals surface area contributed by atoms with Crippen molar-refractivity contribution in [1.29, 1.82) is 0 Å². The molecular formula is C18H20O6. The van der Waals surface area contributed by atoms with Crippen LogP contribution < -0.4 is 9.47 Å². The molecule has 1 aliphatic rings. The predicted molar refractivity (Wildman–Crippen MR) is 85.4 cm³/mol. The minimum Gasteiger partial charge on any atom is -0.469 e. The monoisotopic (exact) mass is 332 g/mol. The van der Waals surface area contributed by atoms with Gasteiger partial charge in [-0.1, -0.05) is 6.58 Å². The summed E-state index contributed by atoms with van der Waals surface area (Å²) in [5.74, 6) is -0.698. The Morgan fingerprint density at radius 2 is 1.38 bits per heavy atom. The highest BCUT2D eigenvalue weighted by Crippen LogP contribution is 2.31. The highest BCUT2D eigenvalue weighted by Gasteiger charge is 2.31. The summed E-state index contributed by atoms with van der Waals surface area (Å²) in [6, 6.07) is 6.20. The number of hydrogen-bond acceptors (Lipinski definition) is 6. The quantitative estimate of drug-likeness (QED) is 0.468. The van der Waals surface area contributed by atoms with Crippen LogP contribution in [0.5, 0.6) is 11.5 Å². The van der Waals surface area contributed by atoms with Crippen LogP contribution in [-0.2, 0) is 19.1 Å². The van der Waals surface area contributed by atoms with Gasteiger partial charge in [0.05, 0.1) is 18.9 Å². The Bertz CT molecular complexity index is 611. The third-order valence-corrected chi connectivity index (χ3v) is 4.02. The molecule has 0 heterocycles. The van der Waals surface area contributed by atoms with Crippen LogP contribution in [0.3, 0.4) is 0 Å². The third-order valence-electron chi connectivity index (χ3n) is 4.02. The van der Waals surface area contributed by atoms with E-state index in [2.05, 4.69) is 6.58 Å². The molecule has 0 unspecified atom stereocenters. The molecule has 0 atom stereocenters. The summed E-state index contributed by atoms with van der Waals surface area (Å²) in [5, 5.41) is 0. The number of benzene rings is 1. The normalized spacial score (nSPS) is 19.9. The smallest absolute Gasteiger partial charge is 0.335 e. The molecule has 1 fully saturated rings. The van der Waals surface area contributed by atoms with Crippen molar-refractivity contribution < 1.29 is 28.6 Å². The summed E-state index contributed by atoms with van der Waals surface area (Å²) in [7, 11) is 1.37. The molecule has 0 aliphatic heterocycles. The highest BCUT2D eigenvalue weighted by atomic mass is 16.5. The van der Waals surface area contributed by atoms with Gasteiger partial charge >= 0.3 is 17.9 Å². The van der Waals surface area contributed by atoms with Crippen molar-refractivity contribution in [1.82, 2.24) is 0 Å². The van der Waals surface area contributed by atoms with Crippen LogP contribution in [0.25, 0.3) is 0 Å². The second-order valence-corrected chi connectivity index (χ2v) is 5.59. The summed E-state index contributed by atoms with van der Waals surface area (Å²) in [4.78, 5) is 34.8. The van der Waals surface area contributed by atoms with E-state index in [1.165, 1.54) is 19.2 Å². The van der Waals surface area contributed by atoms with Gasteiger partial charge in [-0.25, -0.2) is 4.79 Å². The van der Waals surface area contributed by atoms with E-state index in [1.807, 2.05) is 0 Å². The van der Waals surface area contributed by atoms with Crippen LogP contribution in [0.15, 0.2) is 36.9 Å². The van der Waals surface area contributed by atoms with Gasteiger partial charge in [-0.2, -0.15) is 0 Å². The number of ether oxygens (including phenoxy) is 3. The Morgan fingerprint density at radius 1 is 0.917 bits per heavy atom. The molecule has 0 N–H and O–H groups in total. The van der Waals surface area contributed by atoms with Gasteiger partial charge in [0, 0.05) is 6.08 Å². The van der Waals surface area contributed by atoms with Crippen molar-refractivity contribution in [2.45, 2.75) is 25.7 Å². The minimum atomic E-state index is -0.554. The van der Waals surface area contributed by atoms with E-state index in [0.717, 1.165) is 6.08 Å². The molecule has 0 amide bonds. The molecule has 1 aliphatic carbocycles. The first-order valence-electron chi connectivity index (χ1n) is 7.77. The fraction of sp³-hybridized carbons (Fsp3) is 0.389. The van der Waals surface area contributed by atoms with Crippen molar-refractivity contribution in [3.05, 3.63) is 36.9 Å². The Morgan fingerprint density at radius 3 is 1.83 bits per heavy atom. The molecular weight excluding hydrogens is 312 g/mol. The summed E-state index contributed by atoms with van der Waals surface area (Å²) in [6.07, 6.45) is 3.53. The van der Waals surface area contributed by atoms with Gasteiger partial charge in [-0.3, -0.25) is 9.59 Å². The molecule has 6 heteroatoms. The molecule has 0 aromatic heterocycles. The average molecular weight is 332 g/mol. The van der Waals surface area contributed by atoms with Crippen molar-refractivity contribution in [3.8, 4) is 11.5 Å². The summed E-state index contributed by atoms with van der Waals surface area (Å²) < 4.78 is 15.0. The molecule has 24 heavy (non-hydrogen) atoms. The predicted octanol–water partition coefficient (Wildman–Crippen LogP) is 2.66. The van der Waals surface area contributed by atoms with E-state index in [1.54, 1.807) is 12.1 Å². The lowest BCUT2D eigenvalue weighted by molar-refractivity contribution is -0.149. The van der Waals surface area contributed by atoms with Crippen molar-refractivity contribution >= 4 is 17.9 Å². The Labute approximate surface area is 140 Å². The van der Waals surface area contributed by atoms with Crippen LogP contribution in [0, 0.1) is 11.8 Å². The molecule has 2 rings (SSSR count). The largest absolute Gasteiger partial charge is 0.469 e. The second kappa shape index (κ2) is 8.29. The summed E-state index contributed by atoms with van der Waals surface area (Å²) in [6.45, 7) is 3.31. The zero-order chi connectivity index (χ0) is 17.5. The highest BCUT2D eigenvalue weighted by molar-refractivity contribution is 5.83. The van der Waals surface area contributed by atoms with Crippen LogP contribution in [0.2, 0.25) is 0 Å². The molecule has 0 bridgehead atoms. The van der Waals surface area contributed by atoms with Gasteiger partial charge in [0.2, 0.25) is 0 Å². The van der Waals surface area contributed by atoms with Crippen LogP contribution in [0.1, 0.15) is 25.7 Å². The van der Waals surface area contributed by atoms with Gasteiger partial charge in [0.15, 0.2) is 0 Å². The Balaban J connectivity index is 1.85. The maximum atomic E-state index is 12.2. The lowest BCUT2D eigenvalue weighted by Gasteiger charge is -2.25. The van der Waals surface area contributed by atoms with E-state index in [-0.39, 0.29) is 23.8 Å². The second-order valence-electron chi connectivity index (χ2n) is 5.59. The minimum absolute atomic E-state index is 0.127. The Hall–Kier alpha value is -2.63. The molecule has 0 saturated heterocycles. The van der Waals surface area contributed by atoms with Gasteiger partial charge in [-0.05, 0) is 49.9 Å². The zero-order valence-electron chi connectivity index (χ0n) is 13.5. The zero-order valence-corrected chi connectivity index (χ0v) is 13.5. The van der Waals surface area contributed by atoms with Crippen LogP contribution in [0.4, 0.5) is 0 Å². The standard InChI is InChI=1S/C18H20O6/c1-3-16(19)23-14-8-10-15(11-9-14)24-18(21)13-6-4-12(5-7-13)17(20)22-2/h3,8-13H,1,4-7H2,2H3. The summed E-state index contributed by atoms with van der Waals surface area (Å²) >= 11 is 0. The average Bonchev–Trinajstić information content (AvgIpc) is 2.62. The van der Waals surface area contributed by atoms with E-state index in [0.29, 0.717) is 37.2 Å². The van der Waals surface area contributed by atoms with Gasteiger partial charge in [0.25, 0.3) is 0 Å². The fourth-order valence-corrected chi connectivity index (χ4v) is 2.66. The first kappa shape index (κ1) is 17.7. The third kappa shape index (κ3) is 4.68. The molecule has 0 radical (unpaired) electrons. The van der Waals surface area contributed by atoms with E-state index < -0.39 is 5.97 Å². The number of carbonyl (C=O) groups is 3. The number of carbonyl (C=O) groups excluding carboxylic acids is 3. The fourth-order valence-electron chi connectivity index (χ4n) is 2.66. The van der Waals surface area contributed by atoms with Crippen molar-refractivity contribution in [2.75, 3.05) is 7.11 Å². The SMILES string of the molecule is C=CC(=O)Oc1ccc(OC(=O)C2CCC(C(=O)OC)CC2)cc1. The van der Waals surface area contributed by atoms with E-state index in [9.17, 15) is 14.4 Å². The molecule has 1 aromatic carbocycles. The van der Waals surface area contributed by atoms with Gasteiger partial charge < -0.3 is 14.2 Å². The first-order valence-corrected chi connectivity index (χ1v) is 7.77. The van der Waals surface area contributed by atoms with Crippen molar-refractivity contribution in [2.24, 2.45) is 11.8 Å². The molecule has 1 aromatic rings. The molecule has 0 spiro atoms. The van der Waals surface area contributed by atoms with Crippen molar-refractivity contribution in [3.63, 3.8) is 0 Å². The topological polar surface area (TPSA) is 78.9 Å². The first-order chi connectivity index (χ1) is 11.5. The van der Waals surface area contributed by atoms with E-state index in [4.69, 9.17) is 14.2 Å². The maximum Gasteiger partial charge on any atom is 0.335 e. The van der Waals surface area contributed by atoms with Crippen LogP contribution in [-0.4, -0.2) is 25.0 Å². The molecule has 6 nitrogen and oxygen atoms in total. The van der Waals surface area contributed by atoms with Gasteiger partial charge in [0.1, 0.15) is 11.5 Å². The maximum absolute atomic E-state index is 12.2. The molecule has 128 valence electrons. The van der Waals surface area contributed by atoms with Gasteiger partial charge in [-0.15, -0.1) is 0 Å². The number of rotatable bonds is 5. The molecule has 1 saturated carbocycles. The van der Waals surface area contributed by atoms with Crippen LogP contribution >= 0.6 is 0 Å². The van der Waals surface area contributed by atoms with E-state index >= 15 is 0 Å². The number of methoxy groups -OCH3 is 1. The lowest BCUT2D eigenvalue weighted by Crippen LogP contribution is -2.29. The lowest BCUT2D eigenvalue weighted by atomic mass is 9.82.